The highest BCUT2D eigenvalue weighted by atomic mass is 16.5. The predicted molar refractivity (Wildman–Crippen MR) is 108 cm³/mol. The SMILES string of the molecule is NC(=O)COc1ccc(CNC(=O)Cn2cc(-c3ccc4cn[nH]c4c3)nn2)cc1. The number of primary amides is 1. The normalized spacial score (nSPS) is 10.8. The molecule has 0 aliphatic heterocycles. The Labute approximate surface area is 171 Å². The van der Waals surface area contributed by atoms with Crippen LogP contribution in [-0.4, -0.2) is 43.6 Å². The highest BCUT2D eigenvalue weighted by Gasteiger charge is 2.09. The van der Waals surface area contributed by atoms with Gasteiger partial charge < -0.3 is 15.8 Å². The average molecular weight is 405 g/mol. The van der Waals surface area contributed by atoms with E-state index in [9.17, 15) is 9.59 Å². The number of ether oxygens (including phenoxy) is 1. The summed E-state index contributed by atoms with van der Waals surface area (Å²) in [4.78, 5) is 23.0. The van der Waals surface area contributed by atoms with Crippen LogP contribution in [0.2, 0.25) is 0 Å². The number of H-pyrrole nitrogens is 1. The number of hydrogen-bond donors (Lipinski definition) is 3. The van der Waals surface area contributed by atoms with Crippen molar-refractivity contribution in [3.8, 4) is 17.0 Å². The zero-order valence-electron chi connectivity index (χ0n) is 15.9. The number of benzene rings is 2. The predicted octanol–water partition coefficient (Wildman–Crippen LogP) is 1.00. The zero-order valence-corrected chi connectivity index (χ0v) is 15.9. The Hall–Kier alpha value is -4.21. The summed E-state index contributed by atoms with van der Waals surface area (Å²) in [6.45, 7) is 0.234. The van der Waals surface area contributed by atoms with Gasteiger partial charge in [-0.15, -0.1) is 5.10 Å². The number of hydrogen-bond acceptors (Lipinski definition) is 6. The Morgan fingerprint density at radius 2 is 2.00 bits per heavy atom. The number of rotatable bonds is 8. The summed E-state index contributed by atoms with van der Waals surface area (Å²) < 4.78 is 6.69. The van der Waals surface area contributed by atoms with Gasteiger partial charge in [0.25, 0.3) is 5.91 Å². The number of aromatic nitrogens is 5. The van der Waals surface area contributed by atoms with Crippen molar-refractivity contribution >= 4 is 22.7 Å². The van der Waals surface area contributed by atoms with Crippen molar-refractivity contribution in [1.82, 2.24) is 30.5 Å². The standard InChI is InChI=1S/C20H19N7O3/c21-19(28)12-30-16-5-1-13(2-6-16)8-22-20(29)11-27-10-18(25-26-27)14-3-4-15-9-23-24-17(15)7-14/h1-7,9-10H,8,11-12H2,(H2,21,28)(H,22,29)(H,23,24). The Morgan fingerprint density at radius 1 is 1.17 bits per heavy atom. The smallest absolute Gasteiger partial charge is 0.255 e. The lowest BCUT2D eigenvalue weighted by Crippen LogP contribution is -2.27. The molecule has 2 aromatic heterocycles. The minimum atomic E-state index is -0.538. The van der Waals surface area contributed by atoms with Crippen molar-refractivity contribution < 1.29 is 14.3 Å². The molecular weight excluding hydrogens is 386 g/mol. The molecule has 10 heteroatoms. The van der Waals surface area contributed by atoms with Crippen LogP contribution in [0.15, 0.2) is 54.9 Å². The highest BCUT2D eigenvalue weighted by molar-refractivity contribution is 5.83. The first-order valence-corrected chi connectivity index (χ1v) is 9.17. The largest absolute Gasteiger partial charge is 0.484 e. The van der Waals surface area contributed by atoms with E-state index in [0.717, 1.165) is 22.0 Å². The number of aromatic amines is 1. The Balaban J connectivity index is 1.30. The third-order valence-corrected chi connectivity index (χ3v) is 4.38. The number of carbonyl (C=O) groups is 2. The van der Waals surface area contributed by atoms with E-state index < -0.39 is 5.91 Å². The van der Waals surface area contributed by atoms with E-state index in [-0.39, 0.29) is 19.1 Å². The van der Waals surface area contributed by atoms with E-state index in [0.29, 0.717) is 18.0 Å². The topological polar surface area (TPSA) is 141 Å². The van der Waals surface area contributed by atoms with Crippen LogP contribution >= 0.6 is 0 Å². The van der Waals surface area contributed by atoms with Crippen molar-refractivity contribution in [3.63, 3.8) is 0 Å². The van der Waals surface area contributed by atoms with Gasteiger partial charge in [0.2, 0.25) is 5.91 Å². The number of nitrogens with two attached hydrogens (primary N) is 1. The Morgan fingerprint density at radius 3 is 2.80 bits per heavy atom. The molecule has 10 nitrogen and oxygen atoms in total. The molecule has 0 unspecified atom stereocenters. The molecule has 4 N–H and O–H groups in total. The molecule has 0 fully saturated rings. The van der Waals surface area contributed by atoms with Gasteiger partial charge >= 0.3 is 0 Å². The summed E-state index contributed by atoms with van der Waals surface area (Å²) in [6, 6.07) is 12.8. The number of amides is 2. The van der Waals surface area contributed by atoms with Crippen molar-refractivity contribution in [2.24, 2.45) is 5.73 Å². The average Bonchev–Trinajstić information content (AvgIpc) is 3.40. The van der Waals surface area contributed by atoms with Crippen LogP contribution in [-0.2, 0) is 22.7 Å². The molecular formula is C20H19N7O3. The minimum absolute atomic E-state index is 0.0547. The third-order valence-electron chi connectivity index (χ3n) is 4.38. The van der Waals surface area contributed by atoms with Gasteiger partial charge in [0.1, 0.15) is 18.0 Å². The molecule has 2 heterocycles. The van der Waals surface area contributed by atoms with Crippen molar-refractivity contribution in [1.29, 1.82) is 0 Å². The van der Waals surface area contributed by atoms with Crippen LogP contribution in [0.3, 0.4) is 0 Å². The van der Waals surface area contributed by atoms with Gasteiger partial charge in [-0.25, -0.2) is 4.68 Å². The highest BCUT2D eigenvalue weighted by Crippen LogP contribution is 2.21. The fraction of sp³-hybridized carbons (Fsp3) is 0.150. The molecule has 0 saturated carbocycles. The lowest BCUT2D eigenvalue weighted by Gasteiger charge is -2.07. The second-order valence-electron chi connectivity index (χ2n) is 6.65. The molecule has 2 aromatic carbocycles. The molecule has 0 radical (unpaired) electrons. The Bertz CT molecular complexity index is 1180. The molecule has 0 bridgehead atoms. The van der Waals surface area contributed by atoms with Crippen molar-refractivity contribution in [2.75, 3.05) is 6.61 Å². The maximum Gasteiger partial charge on any atom is 0.255 e. The first-order valence-electron chi connectivity index (χ1n) is 9.17. The molecule has 0 saturated heterocycles. The number of fused-ring (bicyclic) bond motifs is 1. The molecule has 0 atom stereocenters. The maximum absolute atomic E-state index is 12.2. The van der Waals surface area contributed by atoms with Crippen LogP contribution in [0.1, 0.15) is 5.56 Å². The monoisotopic (exact) mass is 405 g/mol. The van der Waals surface area contributed by atoms with Gasteiger partial charge in [-0.3, -0.25) is 14.7 Å². The molecule has 0 aliphatic carbocycles. The van der Waals surface area contributed by atoms with Gasteiger partial charge in [-0.2, -0.15) is 5.10 Å². The quantitative estimate of drug-likeness (QED) is 0.399. The van der Waals surface area contributed by atoms with Crippen molar-refractivity contribution in [3.05, 3.63) is 60.4 Å². The molecule has 30 heavy (non-hydrogen) atoms. The number of carbonyl (C=O) groups excluding carboxylic acids is 2. The van der Waals surface area contributed by atoms with Crippen molar-refractivity contribution in [2.45, 2.75) is 13.1 Å². The van der Waals surface area contributed by atoms with E-state index in [1.807, 2.05) is 18.2 Å². The summed E-state index contributed by atoms with van der Waals surface area (Å²) in [6.07, 6.45) is 3.48. The van der Waals surface area contributed by atoms with Crippen LogP contribution < -0.4 is 15.8 Å². The lowest BCUT2D eigenvalue weighted by atomic mass is 10.1. The minimum Gasteiger partial charge on any atom is -0.484 e. The molecule has 4 aromatic rings. The number of nitrogens with one attached hydrogen (secondary N) is 2. The van der Waals surface area contributed by atoms with Gasteiger partial charge in [-0.05, 0) is 23.8 Å². The van der Waals surface area contributed by atoms with Gasteiger partial charge in [0.15, 0.2) is 6.61 Å². The van der Waals surface area contributed by atoms with Crippen LogP contribution in [0.25, 0.3) is 22.2 Å². The first kappa shape index (κ1) is 19.1. The maximum atomic E-state index is 12.2. The summed E-state index contributed by atoms with van der Waals surface area (Å²) in [7, 11) is 0. The summed E-state index contributed by atoms with van der Waals surface area (Å²) in [5, 5.41) is 18.9. The molecule has 2 amide bonds. The molecule has 0 spiro atoms. The van der Waals surface area contributed by atoms with Gasteiger partial charge in [-0.1, -0.05) is 29.5 Å². The van der Waals surface area contributed by atoms with E-state index in [4.69, 9.17) is 10.5 Å². The summed E-state index contributed by atoms with van der Waals surface area (Å²) in [5.41, 5.74) is 8.40. The van der Waals surface area contributed by atoms with Crippen LogP contribution in [0.4, 0.5) is 0 Å². The number of nitrogens with zero attached hydrogens (tertiary/aromatic N) is 4. The fourth-order valence-electron chi connectivity index (χ4n) is 2.87. The van der Waals surface area contributed by atoms with E-state index in [2.05, 4.69) is 25.8 Å². The second kappa shape index (κ2) is 8.43. The molecule has 4 rings (SSSR count). The molecule has 152 valence electrons. The van der Waals surface area contributed by atoms with Gasteiger partial charge in [0, 0.05) is 17.5 Å². The van der Waals surface area contributed by atoms with E-state index in [1.165, 1.54) is 4.68 Å². The lowest BCUT2D eigenvalue weighted by molar-refractivity contribution is -0.122. The zero-order chi connectivity index (χ0) is 20.9. The first-order chi connectivity index (χ1) is 14.6. The van der Waals surface area contributed by atoms with E-state index >= 15 is 0 Å². The van der Waals surface area contributed by atoms with Crippen LogP contribution in [0.5, 0.6) is 5.75 Å². The van der Waals surface area contributed by atoms with Gasteiger partial charge in [0.05, 0.1) is 17.9 Å². The summed E-state index contributed by atoms with van der Waals surface area (Å²) >= 11 is 0. The Kier molecular flexibility index (Phi) is 5.37. The van der Waals surface area contributed by atoms with Crippen LogP contribution in [0, 0.1) is 0 Å². The fourth-order valence-corrected chi connectivity index (χ4v) is 2.87. The van der Waals surface area contributed by atoms with E-state index in [1.54, 1.807) is 36.7 Å². The second-order valence-corrected chi connectivity index (χ2v) is 6.65. The summed E-state index contributed by atoms with van der Waals surface area (Å²) in [5.74, 6) is -0.193. The third kappa shape index (κ3) is 4.61. The molecule has 0 aliphatic rings.